The SMILES string of the molecule is CC(=O)NCc1cc2cc(-c3ccc(C(=O)N4CCC(F)(F)CC4)cc3)cc(-c3cc(F)cc(F)c3)c2o1. The monoisotopic (exact) mass is 524 g/mol. The number of benzene rings is 3. The summed E-state index contributed by atoms with van der Waals surface area (Å²) < 4.78 is 61.0. The van der Waals surface area contributed by atoms with Gasteiger partial charge >= 0.3 is 0 Å². The first-order chi connectivity index (χ1) is 18.1. The molecule has 5 nitrogen and oxygen atoms in total. The standard InChI is InChI=1S/C29H24F4N2O3/c1-17(36)34-16-25-13-22-10-20(14-26(27(22)38-25)21-11-23(30)15-24(31)12-21)18-2-4-19(5-3-18)28(37)35-8-6-29(32,33)7-9-35/h2-5,10-15H,6-9,16H2,1H3,(H,34,36). The zero-order valence-corrected chi connectivity index (χ0v) is 20.5. The zero-order chi connectivity index (χ0) is 27.0. The van der Waals surface area contributed by atoms with Gasteiger partial charge in [-0.25, -0.2) is 17.6 Å². The van der Waals surface area contributed by atoms with E-state index in [1.807, 2.05) is 6.07 Å². The van der Waals surface area contributed by atoms with Crippen LogP contribution in [0.1, 0.15) is 35.9 Å². The van der Waals surface area contributed by atoms with Crippen molar-refractivity contribution in [2.45, 2.75) is 32.2 Å². The van der Waals surface area contributed by atoms with E-state index < -0.39 is 17.6 Å². The lowest BCUT2D eigenvalue weighted by Crippen LogP contribution is -2.42. The molecule has 0 saturated carbocycles. The molecule has 4 aromatic rings. The van der Waals surface area contributed by atoms with Crippen molar-refractivity contribution in [3.8, 4) is 22.3 Å². The van der Waals surface area contributed by atoms with Gasteiger partial charge in [-0.2, -0.15) is 0 Å². The molecule has 196 valence electrons. The molecule has 1 fully saturated rings. The van der Waals surface area contributed by atoms with Crippen LogP contribution in [0.25, 0.3) is 33.2 Å². The van der Waals surface area contributed by atoms with Crippen molar-refractivity contribution in [2.24, 2.45) is 0 Å². The lowest BCUT2D eigenvalue weighted by atomic mass is 9.96. The van der Waals surface area contributed by atoms with Gasteiger partial charge in [-0.15, -0.1) is 0 Å². The molecular weight excluding hydrogens is 500 g/mol. The normalized spacial score (nSPS) is 15.0. The summed E-state index contributed by atoms with van der Waals surface area (Å²) in [4.78, 5) is 25.6. The Morgan fingerprint density at radius 3 is 2.18 bits per heavy atom. The van der Waals surface area contributed by atoms with Crippen LogP contribution in [-0.2, 0) is 11.3 Å². The Balaban J connectivity index is 1.50. The maximum atomic E-state index is 14.1. The van der Waals surface area contributed by atoms with Crippen molar-refractivity contribution in [1.29, 1.82) is 0 Å². The average Bonchev–Trinajstić information content (AvgIpc) is 3.29. The van der Waals surface area contributed by atoms with Crippen molar-refractivity contribution in [3.63, 3.8) is 0 Å². The van der Waals surface area contributed by atoms with Crippen molar-refractivity contribution in [1.82, 2.24) is 10.2 Å². The summed E-state index contributed by atoms with van der Waals surface area (Å²) in [6, 6.07) is 15.3. The molecule has 0 spiro atoms. The zero-order valence-electron chi connectivity index (χ0n) is 20.5. The third kappa shape index (κ3) is 5.41. The largest absolute Gasteiger partial charge is 0.459 e. The van der Waals surface area contributed by atoms with Crippen LogP contribution in [0.15, 0.2) is 65.1 Å². The Hall–Kier alpha value is -4.14. The minimum Gasteiger partial charge on any atom is -0.459 e. The fourth-order valence-corrected chi connectivity index (χ4v) is 4.62. The van der Waals surface area contributed by atoms with Gasteiger partial charge in [0, 0.05) is 55.4 Å². The quantitative estimate of drug-likeness (QED) is 0.301. The van der Waals surface area contributed by atoms with Crippen LogP contribution in [-0.4, -0.2) is 35.7 Å². The summed E-state index contributed by atoms with van der Waals surface area (Å²) in [6.07, 6.45) is -0.705. The number of carbonyl (C=O) groups is 2. The number of likely N-dealkylation sites (tertiary alicyclic amines) is 1. The fraction of sp³-hybridized carbons (Fsp3) is 0.241. The number of halogens is 4. The van der Waals surface area contributed by atoms with Crippen molar-refractivity contribution in [2.75, 3.05) is 13.1 Å². The van der Waals surface area contributed by atoms with Crippen LogP contribution in [0.2, 0.25) is 0 Å². The first-order valence-electron chi connectivity index (χ1n) is 12.1. The number of nitrogens with one attached hydrogen (secondary N) is 1. The smallest absolute Gasteiger partial charge is 0.253 e. The lowest BCUT2D eigenvalue weighted by Gasteiger charge is -2.31. The number of hydrogen-bond donors (Lipinski definition) is 1. The molecule has 0 bridgehead atoms. The molecule has 1 aromatic heterocycles. The van der Waals surface area contributed by atoms with Crippen LogP contribution < -0.4 is 5.32 Å². The lowest BCUT2D eigenvalue weighted by molar-refractivity contribution is -0.119. The molecule has 0 atom stereocenters. The van der Waals surface area contributed by atoms with Gasteiger partial charge in [0.05, 0.1) is 6.54 Å². The van der Waals surface area contributed by atoms with Gasteiger partial charge < -0.3 is 14.6 Å². The van der Waals surface area contributed by atoms with E-state index in [2.05, 4.69) is 5.32 Å². The molecule has 1 N–H and O–H groups in total. The Morgan fingerprint density at radius 2 is 1.55 bits per heavy atom. The maximum absolute atomic E-state index is 14.1. The van der Waals surface area contributed by atoms with E-state index >= 15 is 0 Å². The molecule has 9 heteroatoms. The number of carbonyl (C=O) groups excluding carboxylic acids is 2. The minimum absolute atomic E-state index is 0.000878. The number of fused-ring (bicyclic) bond motifs is 1. The molecule has 0 radical (unpaired) electrons. The molecule has 0 unspecified atom stereocenters. The number of alkyl halides is 2. The molecule has 1 aliphatic rings. The summed E-state index contributed by atoms with van der Waals surface area (Å²) >= 11 is 0. The second kappa shape index (κ2) is 9.96. The number of amides is 2. The molecule has 38 heavy (non-hydrogen) atoms. The van der Waals surface area contributed by atoms with Crippen LogP contribution in [0.4, 0.5) is 17.6 Å². The van der Waals surface area contributed by atoms with Gasteiger partial charge in [0.15, 0.2) is 0 Å². The van der Waals surface area contributed by atoms with E-state index in [1.54, 1.807) is 36.4 Å². The van der Waals surface area contributed by atoms with Gasteiger partial charge in [0.2, 0.25) is 5.91 Å². The number of hydrogen-bond acceptors (Lipinski definition) is 3. The van der Waals surface area contributed by atoms with Gasteiger partial charge in [-0.05, 0) is 59.2 Å². The molecule has 2 amide bonds. The minimum atomic E-state index is -2.74. The van der Waals surface area contributed by atoms with Gasteiger partial charge in [-0.3, -0.25) is 9.59 Å². The van der Waals surface area contributed by atoms with Gasteiger partial charge in [-0.1, -0.05) is 12.1 Å². The molecule has 1 aliphatic heterocycles. The van der Waals surface area contributed by atoms with E-state index in [0.29, 0.717) is 33.4 Å². The van der Waals surface area contributed by atoms with E-state index in [1.165, 1.54) is 24.0 Å². The fourth-order valence-electron chi connectivity index (χ4n) is 4.62. The summed E-state index contributed by atoms with van der Waals surface area (Å²) in [5.41, 5.74) is 2.97. The Morgan fingerprint density at radius 1 is 0.895 bits per heavy atom. The van der Waals surface area contributed by atoms with Crippen LogP contribution in [0.5, 0.6) is 0 Å². The summed E-state index contributed by atoms with van der Waals surface area (Å²) in [5, 5.41) is 3.33. The third-order valence-corrected chi connectivity index (χ3v) is 6.60. The summed E-state index contributed by atoms with van der Waals surface area (Å²) in [5.74, 6) is -4.28. The highest BCUT2D eigenvalue weighted by Gasteiger charge is 2.35. The summed E-state index contributed by atoms with van der Waals surface area (Å²) in [7, 11) is 0. The number of furan rings is 1. The van der Waals surface area contributed by atoms with E-state index in [9.17, 15) is 27.2 Å². The van der Waals surface area contributed by atoms with Crippen LogP contribution in [0.3, 0.4) is 0 Å². The molecule has 5 rings (SSSR count). The van der Waals surface area contributed by atoms with Crippen molar-refractivity contribution >= 4 is 22.8 Å². The highest BCUT2D eigenvalue weighted by Crippen LogP contribution is 2.37. The molecule has 3 aromatic carbocycles. The predicted molar refractivity (Wildman–Crippen MR) is 135 cm³/mol. The predicted octanol–water partition coefficient (Wildman–Crippen LogP) is 6.55. The van der Waals surface area contributed by atoms with Crippen molar-refractivity contribution < 1.29 is 31.6 Å². The van der Waals surface area contributed by atoms with E-state index in [-0.39, 0.29) is 49.9 Å². The average molecular weight is 525 g/mol. The number of piperidine rings is 1. The summed E-state index contributed by atoms with van der Waals surface area (Å²) in [6.45, 7) is 1.53. The van der Waals surface area contributed by atoms with Gasteiger partial charge in [0.1, 0.15) is 23.0 Å². The van der Waals surface area contributed by atoms with Crippen LogP contribution in [0, 0.1) is 11.6 Å². The topological polar surface area (TPSA) is 62.6 Å². The molecule has 0 aliphatic carbocycles. The molecular formula is C29H24F4N2O3. The third-order valence-electron chi connectivity index (χ3n) is 6.60. The first kappa shape index (κ1) is 25.5. The number of rotatable bonds is 5. The first-order valence-corrected chi connectivity index (χ1v) is 12.1. The van der Waals surface area contributed by atoms with E-state index in [0.717, 1.165) is 11.6 Å². The number of nitrogens with zero attached hydrogens (tertiary/aromatic N) is 1. The molecule has 1 saturated heterocycles. The highest BCUT2D eigenvalue weighted by molar-refractivity contribution is 5.98. The van der Waals surface area contributed by atoms with Crippen molar-refractivity contribution in [3.05, 3.63) is 83.6 Å². The van der Waals surface area contributed by atoms with Crippen LogP contribution >= 0.6 is 0 Å². The second-order valence-electron chi connectivity index (χ2n) is 9.45. The Bertz CT molecular complexity index is 1500. The highest BCUT2D eigenvalue weighted by atomic mass is 19.3. The second-order valence-corrected chi connectivity index (χ2v) is 9.45. The molecule has 2 heterocycles. The Kier molecular flexibility index (Phi) is 6.69. The van der Waals surface area contributed by atoms with E-state index in [4.69, 9.17) is 4.42 Å². The Labute approximate surface area is 216 Å². The van der Waals surface area contributed by atoms with Gasteiger partial charge in [0.25, 0.3) is 11.8 Å². The maximum Gasteiger partial charge on any atom is 0.253 e.